The highest BCUT2D eigenvalue weighted by Gasteiger charge is 2.54. The van der Waals surface area contributed by atoms with Crippen LogP contribution in [0, 0.1) is 47.3 Å². The first-order valence-electron chi connectivity index (χ1n) is 20.2. The van der Waals surface area contributed by atoms with Gasteiger partial charge in [0.1, 0.15) is 10.7 Å². The van der Waals surface area contributed by atoms with Gasteiger partial charge in [-0.2, -0.15) is 0 Å². The molecule has 6 nitrogen and oxygen atoms in total. The minimum Gasteiger partial charge on any atom is -0.292 e. The summed E-state index contributed by atoms with van der Waals surface area (Å²) < 4.78 is 2.57. The van der Waals surface area contributed by atoms with E-state index in [4.69, 9.17) is 9.98 Å². The van der Waals surface area contributed by atoms with Crippen LogP contribution in [0.25, 0.3) is 25.2 Å². The lowest BCUT2D eigenvalue weighted by molar-refractivity contribution is -0.123. The van der Waals surface area contributed by atoms with Gasteiger partial charge in [0.25, 0.3) is 0 Å². The molecule has 274 valence electrons. The zero-order valence-electron chi connectivity index (χ0n) is 31.0. The number of ketones is 4. The summed E-state index contributed by atoms with van der Waals surface area (Å²) in [7, 11) is 0. The lowest BCUT2D eigenvalue weighted by Gasteiger charge is -2.39. The number of nitrogens with zero attached hydrogens (tertiary/aromatic N) is 2. The summed E-state index contributed by atoms with van der Waals surface area (Å²) in [5.74, 6) is 1.58. The van der Waals surface area contributed by atoms with Crippen molar-refractivity contribution in [3.8, 4) is 9.75 Å². The molecule has 8 aliphatic rings. The summed E-state index contributed by atoms with van der Waals surface area (Å²) in [4.78, 5) is 68.4. The molecule has 0 radical (unpaired) electrons. The Labute approximate surface area is 322 Å². The molecule has 0 spiro atoms. The lowest BCUT2D eigenvalue weighted by atomic mass is 9.64. The number of aliphatic imine (C=N–C) groups is 2. The number of thiophene rings is 3. The quantitative estimate of drug-likeness (QED) is 0.260. The van der Waals surface area contributed by atoms with Gasteiger partial charge in [-0.25, -0.2) is 9.98 Å². The molecule has 6 fully saturated rings. The highest BCUT2D eigenvalue weighted by atomic mass is 32.1. The Bertz CT molecular complexity index is 2240. The van der Waals surface area contributed by atoms with E-state index in [0.717, 1.165) is 36.4 Å². The van der Waals surface area contributed by atoms with Gasteiger partial charge in [-0.1, -0.05) is 79.1 Å². The van der Waals surface area contributed by atoms with E-state index in [1.807, 2.05) is 22.7 Å². The van der Waals surface area contributed by atoms with Crippen molar-refractivity contribution in [2.45, 2.75) is 116 Å². The van der Waals surface area contributed by atoms with Crippen LogP contribution in [0.4, 0.5) is 5.00 Å². The molecule has 11 rings (SSSR count). The van der Waals surface area contributed by atoms with E-state index >= 15 is 0 Å². The van der Waals surface area contributed by atoms with Crippen LogP contribution in [-0.4, -0.2) is 34.6 Å². The number of carbonyl (C=O) groups excluding carboxylic acids is 4. The molecule has 9 heteroatoms. The van der Waals surface area contributed by atoms with E-state index in [1.165, 1.54) is 92.1 Å². The lowest BCUT2D eigenvalue weighted by Crippen LogP contribution is -2.35. The molecule has 0 aliphatic heterocycles. The van der Waals surface area contributed by atoms with Crippen molar-refractivity contribution in [2.75, 3.05) is 0 Å². The number of hydrogen-bond acceptors (Lipinski definition) is 9. The number of Topliss-reactive ketones (excluding diaryl/α,β-unsaturated/α-hetero) is 4. The maximum absolute atomic E-state index is 13.8. The average molecular weight is 763 g/mol. The minimum absolute atomic E-state index is 0.0136. The maximum atomic E-state index is 13.8. The third kappa shape index (κ3) is 4.53. The minimum atomic E-state index is -0.446. The van der Waals surface area contributed by atoms with Crippen molar-refractivity contribution in [3.63, 3.8) is 0 Å². The molecule has 0 amide bonds. The Balaban J connectivity index is 0.908. The Hall–Kier alpha value is -2.88. The third-order valence-corrected chi connectivity index (χ3v) is 19.1. The first kappa shape index (κ1) is 33.5. The molecule has 53 heavy (non-hydrogen) atoms. The zero-order chi connectivity index (χ0) is 36.3. The molecule has 8 atom stereocenters. The van der Waals surface area contributed by atoms with Crippen molar-refractivity contribution in [3.05, 3.63) is 33.3 Å². The van der Waals surface area contributed by atoms with Crippen LogP contribution in [0.1, 0.15) is 126 Å². The Morgan fingerprint density at radius 3 is 1.55 bits per heavy atom. The fourth-order valence-corrected chi connectivity index (χ4v) is 17.3. The molecule has 6 saturated carbocycles. The normalized spacial score (nSPS) is 34.8. The van der Waals surface area contributed by atoms with E-state index in [9.17, 15) is 19.2 Å². The standard InChI is InChI=1S/C44H46N2O4S3/c1-43(2)27-17-30(46-34-37(49)25-15-21-11-7-8-12-22(21)16-26(25)38(34)50)52-39(27)41-32(43)42-40(53-41)31-28(51-42)18-29(44(31,3)4)45-33-35(47)23-13-19-9-5-6-10-20(19)14-24(23)36(33)48/h17-26H,5-16H2,1-4H3. The van der Waals surface area contributed by atoms with Gasteiger partial charge in [0.15, 0.2) is 28.8 Å². The van der Waals surface area contributed by atoms with Gasteiger partial charge >= 0.3 is 0 Å². The predicted molar refractivity (Wildman–Crippen MR) is 214 cm³/mol. The van der Waals surface area contributed by atoms with Gasteiger partial charge < -0.3 is 0 Å². The van der Waals surface area contributed by atoms with E-state index in [2.05, 4.69) is 39.8 Å². The SMILES string of the molecule is CC1(C)C(N=C2C(=O)C3CC4CCCCC4CC3C2=O)=Cc2sc3c4c(sc3c21)-c1sc(N=C2C(=O)C3CC5CCCCC5CC3C2=O)cc1C4(C)C. The fraction of sp³-hybridized carbons (Fsp3) is 0.591. The molecule has 0 N–H and O–H groups in total. The van der Waals surface area contributed by atoms with E-state index in [1.54, 1.807) is 11.3 Å². The number of fused-ring (bicyclic) bond motifs is 11. The van der Waals surface area contributed by atoms with Crippen LogP contribution >= 0.6 is 34.0 Å². The third-order valence-electron chi connectivity index (χ3n) is 15.4. The Kier molecular flexibility index (Phi) is 7.16. The van der Waals surface area contributed by atoms with Gasteiger partial charge in [0.05, 0.1) is 24.9 Å². The fourth-order valence-electron chi connectivity index (χ4n) is 12.5. The van der Waals surface area contributed by atoms with Crippen LogP contribution in [0.15, 0.2) is 21.7 Å². The summed E-state index contributed by atoms with van der Waals surface area (Å²) in [6.45, 7) is 8.95. The molecular weight excluding hydrogens is 717 g/mol. The zero-order valence-corrected chi connectivity index (χ0v) is 33.5. The molecule has 8 unspecified atom stereocenters. The molecular formula is C44H46N2O4S3. The second-order valence-electron chi connectivity index (χ2n) is 18.8. The monoisotopic (exact) mass is 762 g/mol. The maximum Gasteiger partial charge on any atom is 0.188 e. The first-order valence-corrected chi connectivity index (χ1v) is 22.7. The Morgan fingerprint density at radius 1 is 0.566 bits per heavy atom. The summed E-state index contributed by atoms with van der Waals surface area (Å²) in [6.07, 6.45) is 15.4. The van der Waals surface area contributed by atoms with Crippen molar-refractivity contribution in [1.29, 1.82) is 0 Å². The molecule has 3 aromatic heterocycles. The number of allylic oxidation sites excluding steroid dienone is 1. The highest BCUT2D eigenvalue weighted by Crippen LogP contribution is 2.63. The molecule has 3 heterocycles. The largest absolute Gasteiger partial charge is 0.292 e. The summed E-state index contributed by atoms with van der Waals surface area (Å²) in [5, 5.41) is 0.759. The van der Waals surface area contributed by atoms with Crippen LogP contribution in [0.2, 0.25) is 0 Å². The number of carbonyl (C=O) groups is 4. The second kappa shape index (κ2) is 11.3. The van der Waals surface area contributed by atoms with E-state index in [0.29, 0.717) is 23.7 Å². The van der Waals surface area contributed by atoms with Gasteiger partial charge in [-0.3, -0.25) is 19.2 Å². The van der Waals surface area contributed by atoms with Crippen molar-refractivity contribution in [1.82, 2.24) is 0 Å². The Morgan fingerprint density at radius 2 is 1.04 bits per heavy atom. The average Bonchev–Trinajstić information content (AvgIpc) is 3.97. The molecule has 0 saturated heterocycles. The number of rotatable bonds is 2. The van der Waals surface area contributed by atoms with Crippen LogP contribution in [0.3, 0.4) is 0 Å². The van der Waals surface area contributed by atoms with E-state index in [-0.39, 0.29) is 63.6 Å². The van der Waals surface area contributed by atoms with Crippen molar-refractivity contribution in [2.24, 2.45) is 57.3 Å². The summed E-state index contributed by atoms with van der Waals surface area (Å²) in [6, 6.07) is 2.13. The highest BCUT2D eigenvalue weighted by molar-refractivity contribution is 7.33. The summed E-state index contributed by atoms with van der Waals surface area (Å²) in [5.41, 5.74) is 4.34. The number of hydrogen-bond donors (Lipinski definition) is 0. The first-order chi connectivity index (χ1) is 25.4. The van der Waals surface area contributed by atoms with E-state index < -0.39 is 5.41 Å². The van der Waals surface area contributed by atoms with Gasteiger partial charge in [-0.15, -0.1) is 34.0 Å². The molecule has 0 bridgehead atoms. The van der Waals surface area contributed by atoms with Gasteiger partial charge in [0, 0.05) is 39.4 Å². The van der Waals surface area contributed by atoms with Gasteiger partial charge in [0.2, 0.25) is 0 Å². The van der Waals surface area contributed by atoms with Crippen LogP contribution < -0.4 is 0 Å². The predicted octanol–water partition coefficient (Wildman–Crippen LogP) is 10.4. The summed E-state index contributed by atoms with van der Waals surface area (Å²) >= 11 is 5.25. The van der Waals surface area contributed by atoms with Gasteiger partial charge in [-0.05, 0) is 78.2 Å². The second-order valence-corrected chi connectivity index (χ2v) is 21.9. The molecule has 8 aliphatic carbocycles. The smallest absolute Gasteiger partial charge is 0.188 e. The van der Waals surface area contributed by atoms with Crippen molar-refractivity contribution < 1.29 is 19.2 Å². The van der Waals surface area contributed by atoms with Crippen LogP contribution in [-0.2, 0) is 30.0 Å². The topological polar surface area (TPSA) is 93.0 Å². The van der Waals surface area contributed by atoms with Crippen LogP contribution in [0.5, 0.6) is 0 Å². The molecule has 3 aromatic rings. The molecule has 0 aromatic carbocycles. The van der Waals surface area contributed by atoms with Crippen molar-refractivity contribution >= 4 is 89.0 Å².